The predicted octanol–water partition coefficient (Wildman–Crippen LogP) is 4.72. The van der Waals surface area contributed by atoms with E-state index in [1.807, 2.05) is 0 Å². The zero-order valence-corrected chi connectivity index (χ0v) is 17.6. The summed E-state index contributed by atoms with van der Waals surface area (Å²) in [4.78, 5) is 25.2. The van der Waals surface area contributed by atoms with Gasteiger partial charge in [0.05, 0.1) is 12.7 Å². The summed E-state index contributed by atoms with van der Waals surface area (Å²) in [6, 6.07) is 12.5. The van der Waals surface area contributed by atoms with Crippen molar-refractivity contribution in [3.63, 3.8) is 0 Å². The molecule has 0 bridgehead atoms. The molecule has 0 aliphatic heterocycles. The molecule has 0 saturated heterocycles. The molecule has 0 aliphatic rings. The van der Waals surface area contributed by atoms with Crippen LogP contribution < -0.4 is 20.4 Å². The fourth-order valence-corrected chi connectivity index (χ4v) is 3.29. The van der Waals surface area contributed by atoms with E-state index >= 15 is 0 Å². The molecular formula is C23H20F3NO6. The molecule has 3 rings (SSSR count). The molecule has 1 aromatic heterocycles. The van der Waals surface area contributed by atoms with Crippen LogP contribution in [-0.2, 0) is 4.79 Å². The van der Waals surface area contributed by atoms with Crippen LogP contribution in [0.1, 0.15) is 29.2 Å². The maximum atomic E-state index is 12.7. The number of amides is 1. The molecular weight excluding hydrogens is 443 g/mol. The van der Waals surface area contributed by atoms with Crippen molar-refractivity contribution in [2.75, 3.05) is 12.4 Å². The molecule has 1 heterocycles. The van der Waals surface area contributed by atoms with Crippen molar-refractivity contribution in [3.8, 4) is 17.2 Å². The molecule has 2 aromatic carbocycles. The highest BCUT2D eigenvalue weighted by Gasteiger charge is 2.31. The van der Waals surface area contributed by atoms with Crippen LogP contribution >= 0.6 is 0 Å². The third-order valence-electron chi connectivity index (χ3n) is 4.72. The van der Waals surface area contributed by atoms with Gasteiger partial charge in [-0.25, -0.2) is 4.79 Å². The second-order valence-corrected chi connectivity index (χ2v) is 7.09. The Morgan fingerprint density at radius 1 is 1.09 bits per heavy atom. The predicted molar refractivity (Wildman–Crippen MR) is 113 cm³/mol. The summed E-state index contributed by atoms with van der Waals surface area (Å²) >= 11 is 0. The topological polar surface area (TPSA) is 98.0 Å². The van der Waals surface area contributed by atoms with Crippen molar-refractivity contribution in [2.45, 2.75) is 25.6 Å². The van der Waals surface area contributed by atoms with Gasteiger partial charge in [0.25, 0.3) is 0 Å². The van der Waals surface area contributed by atoms with Crippen LogP contribution in [0.25, 0.3) is 0 Å². The molecule has 2 N–H and O–H groups in total. The number of carbonyl (C=O) groups is 1. The van der Waals surface area contributed by atoms with E-state index in [1.54, 1.807) is 24.3 Å². The van der Waals surface area contributed by atoms with Gasteiger partial charge in [-0.15, -0.1) is 13.2 Å². The zero-order valence-electron chi connectivity index (χ0n) is 17.6. The second-order valence-electron chi connectivity index (χ2n) is 7.09. The van der Waals surface area contributed by atoms with Gasteiger partial charge in [0.15, 0.2) is 0 Å². The van der Waals surface area contributed by atoms with Gasteiger partial charge in [0.2, 0.25) is 5.91 Å². The number of nitrogens with one attached hydrogen (secondary N) is 1. The molecule has 1 amide bonds. The molecule has 0 saturated carbocycles. The molecule has 0 radical (unpaired) electrons. The highest BCUT2D eigenvalue weighted by molar-refractivity contribution is 5.91. The monoisotopic (exact) mass is 463 g/mol. The maximum Gasteiger partial charge on any atom is 0.573 e. The number of aromatic hydroxyl groups is 1. The van der Waals surface area contributed by atoms with E-state index in [0.717, 1.165) is 12.1 Å². The molecule has 0 unspecified atom stereocenters. The standard InChI is InChI=1S/C23H20F3NO6/c1-13-11-19(28)21(22(30)32-13)18(14-3-7-16(31-2)8-4-14)12-20(29)27-15-5-9-17(10-6-15)33-23(24,25)26/h3-11,18,28H,12H2,1-2H3,(H,27,29)/t18-/m0/s1. The highest BCUT2D eigenvalue weighted by Crippen LogP contribution is 2.33. The van der Waals surface area contributed by atoms with Crippen molar-refractivity contribution in [1.82, 2.24) is 0 Å². The number of ether oxygens (including phenoxy) is 2. The van der Waals surface area contributed by atoms with Gasteiger partial charge in [-0.3, -0.25) is 4.79 Å². The van der Waals surface area contributed by atoms with Gasteiger partial charge in [-0.1, -0.05) is 12.1 Å². The van der Waals surface area contributed by atoms with E-state index in [0.29, 0.717) is 11.3 Å². The smallest absolute Gasteiger partial charge is 0.507 e. The van der Waals surface area contributed by atoms with Crippen molar-refractivity contribution in [3.05, 3.63) is 81.9 Å². The average molecular weight is 463 g/mol. The van der Waals surface area contributed by atoms with Gasteiger partial charge >= 0.3 is 12.0 Å². The van der Waals surface area contributed by atoms with Gasteiger partial charge < -0.3 is 24.3 Å². The Morgan fingerprint density at radius 2 is 1.70 bits per heavy atom. The van der Waals surface area contributed by atoms with E-state index in [9.17, 15) is 27.9 Å². The summed E-state index contributed by atoms with van der Waals surface area (Å²) < 4.78 is 50.9. The number of alkyl halides is 3. The van der Waals surface area contributed by atoms with Crippen LogP contribution in [0.2, 0.25) is 0 Å². The van der Waals surface area contributed by atoms with Gasteiger partial charge in [0.1, 0.15) is 23.0 Å². The van der Waals surface area contributed by atoms with E-state index in [1.165, 1.54) is 32.2 Å². The van der Waals surface area contributed by atoms with Crippen molar-refractivity contribution in [2.24, 2.45) is 0 Å². The second kappa shape index (κ2) is 9.68. The van der Waals surface area contributed by atoms with E-state index in [4.69, 9.17) is 9.15 Å². The van der Waals surface area contributed by atoms with Crippen LogP contribution in [0.15, 0.2) is 63.8 Å². The summed E-state index contributed by atoms with van der Waals surface area (Å²) in [5.74, 6) is -1.38. The lowest BCUT2D eigenvalue weighted by atomic mass is 9.88. The van der Waals surface area contributed by atoms with Gasteiger partial charge in [-0.2, -0.15) is 0 Å². The first-order chi connectivity index (χ1) is 15.6. The third-order valence-corrected chi connectivity index (χ3v) is 4.72. The summed E-state index contributed by atoms with van der Waals surface area (Å²) in [6.45, 7) is 1.51. The van der Waals surface area contributed by atoms with E-state index < -0.39 is 29.6 Å². The van der Waals surface area contributed by atoms with Crippen LogP contribution in [0.4, 0.5) is 18.9 Å². The molecule has 0 aliphatic carbocycles. The number of anilines is 1. The Balaban J connectivity index is 1.86. The van der Waals surface area contributed by atoms with Crippen LogP contribution in [0.3, 0.4) is 0 Å². The third kappa shape index (κ3) is 6.28. The van der Waals surface area contributed by atoms with E-state index in [2.05, 4.69) is 10.1 Å². The number of hydrogen-bond donors (Lipinski definition) is 2. The molecule has 0 spiro atoms. The molecule has 10 heteroatoms. The first kappa shape index (κ1) is 23.7. The Hall–Kier alpha value is -3.95. The molecule has 7 nitrogen and oxygen atoms in total. The highest BCUT2D eigenvalue weighted by atomic mass is 19.4. The number of hydrogen-bond acceptors (Lipinski definition) is 6. The van der Waals surface area contributed by atoms with Crippen LogP contribution in [0.5, 0.6) is 17.2 Å². The first-order valence-corrected chi connectivity index (χ1v) is 9.69. The number of rotatable bonds is 7. The fourth-order valence-electron chi connectivity index (χ4n) is 3.29. The Kier molecular flexibility index (Phi) is 6.95. The van der Waals surface area contributed by atoms with Crippen molar-refractivity contribution in [1.29, 1.82) is 0 Å². The fraction of sp³-hybridized carbons (Fsp3) is 0.217. The average Bonchev–Trinajstić information content (AvgIpc) is 2.73. The molecule has 174 valence electrons. The minimum Gasteiger partial charge on any atom is -0.507 e. The summed E-state index contributed by atoms with van der Waals surface area (Å²) in [7, 11) is 1.49. The normalized spacial score (nSPS) is 12.2. The lowest BCUT2D eigenvalue weighted by Gasteiger charge is -2.18. The van der Waals surface area contributed by atoms with E-state index in [-0.39, 0.29) is 29.2 Å². The lowest BCUT2D eigenvalue weighted by Crippen LogP contribution is -2.21. The maximum absolute atomic E-state index is 12.7. The van der Waals surface area contributed by atoms with Crippen LogP contribution in [-0.4, -0.2) is 24.5 Å². The molecule has 1 atom stereocenters. The number of aryl methyl sites for hydroxylation is 1. The number of methoxy groups -OCH3 is 1. The van der Waals surface area contributed by atoms with Crippen molar-refractivity contribution < 1.29 is 37.0 Å². The molecule has 0 fully saturated rings. The van der Waals surface area contributed by atoms with Crippen molar-refractivity contribution >= 4 is 11.6 Å². The Bertz CT molecular complexity index is 1170. The quantitative estimate of drug-likeness (QED) is 0.526. The summed E-state index contributed by atoms with van der Waals surface area (Å²) in [5, 5.41) is 13.0. The SMILES string of the molecule is COc1ccc([C@H](CC(=O)Nc2ccc(OC(F)(F)F)cc2)c2c(O)cc(C)oc2=O)cc1. The minimum atomic E-state index is -4.83. The first-order valence-electron chi connectivity index (χ1n) is 9.69. The van der Waals surface area contributed by atoms with Gasteiger partial charge in [-0.05, 0) is 48.9 Å². The number of benzene rings is 2. The number of carbonyl (C=O) groups excluding carboxylic acids is 1. The summed E-state index contributed by atoms with van der Waals surface area (Å²) in [5.41, 5.74) is -0.0980. The lowest BCUT2D eigenvalue weighted by molar-refractivity contribution is -0.274. The molecule has 3 aromatic rings. The summed E-state index contributed by atoms with van der Waals surface area (Å²) in [6.07, 6.45) is -5.08. The Labute approximate surface area is 186 Å². The van der Waals surface area contributed by atoms with Gasteiger partial charge in [0, 0.05) is 24.1 Å². The zero-order chi connectivity index (χ0) is 24.2. The largest absolute Gasteiger partial charge is 0.573 e. The molecule has 33 heavy (non-hydrogen) atoms. The Morgan fingerprint density at radius 3 is 2.24 bits per heavy atom. The van der Waals surface area contributed by atoms with Crippen LogP contribution in [0, 0.1) is 6.92 Å². The minimum absolute atomic E-state index is 0.0881. The number of halogens is 3.